The topological polar surface area (TPSA) is 7.12 Å². The van der Waals surface area contributed by atoms with Crippen LogP contribution in [0.5, 0.6) is 0 Å². The van der Waals surface area contributed by atoms with Gasteiger partial charge < -0.3 is 12.3 Å². The zero-order valence-corrected chi connectivity index (χ0v) is 19.4. The summed E-state index contributed by atoms with van der Waals surface area (Å²) in [6.07, 6.45) is 11.1. The molecule has 0 saturated carbocycles. The number of aryl methyl sites for hydroxylation is 1. The van der Waals surface area contributed by atoms with E-state index >= 15 is 0 Å². The van der Waals surface area contributed by atoms with Crippen LogP contribution in [-0.2, 0) is 19.5 Å². The van der Waals surface area contributed by atoms with Crippen LogP contribution in [0.2, 0.25) is 0 Å². The molecule has 0 amide bonds. The summed E-state index contributed by atoms with van der Waals surface area (Å²) < 4.78 is 2.22. The maximum absolute atomic E-state index is 2.52. The Morgan fingerprint density at radius 3 is 2.12 bits per heavy atom. The van der Waals surface area contributed by atoms with Crippen molar-refractivity contribution in [3.63, 3.8) is 0 Å². The van der Waals surface area contributed by atoms with Gasteiger partial charge in [-0.1, -0.05) is 78.9 Å². The number of hydrogen-bond acceptors (Lipinski definition) is 1. The van der Waals surface area contributed by atoms with Gasteiger partial charge in [-0.25, -0.2) is 4.57 Å². The Bertz CT molecular complexity index is 1180. The van der Waals surface area contributed by atoms with E-state index in [-0.39, 0.29) is 7.43 Å². The SMILES string of the molecule is C(=Cc1ccc2c(c1)CCCN2Cc1ccccc1)c1cc[n+](Cc2ccccc2)cc1.[CH3-]. The van der Waals surface area contributed by atoms with Gasteiger partial charge >= 0.3 is 0 Å². The lowest BCUT2D eigenvalue weighted by Crippen LogP contribution is -2.32. The lowest BCUT2D eigenvalue weighted by molar-refractivity contribution is -0.688. The molecule has 0 atom stereocenters. The molecule has 0 radical (unpaired) electrons. The third-order valence-electron chi connectivity index (χ3n) is 6.13. The van der Waals surface area contributed by atoms with Gasteiger partial charge in [-0.15, -0.1) is 0 Å². The Morgan fingerprint density at radius 2 is 1.39 bits per heavy atom. The Kier molecular flexibility index (Phi) is 7.36. The number of pyridine rings is 1. The molecule has 4 aromatic rings. The van der Waals surface area contributed by atoms with Gasteiger partial charge in [-0.05, 0) is 47.2 Å². The van der Waals surface area contributed by atoms with Crippen molar-refractivity contribution >= 4 is 17.8 Å². The average Bonchev–Trinajstić information content (AvgIpc) is 2.85. The Morgan fingerprint density at radius 1 is 0.727 bits per heavy atom. The lowest BCUT2D eigenvalue weighted by atomic mass is 9.98. The minimum Gasteiger partial charge on any atom is -0.367 e. The van der Waals surface area contributed by atoms with Gasteiger partial charge in [-0.2, -0.15) is 0 Å². The van der Waals surface area contributed by atoms with E-state index in [2.05, 4.69) is 125 Å². The predicted molar refractivity (Wildman–Crippen MR) is 140 cm³/mol. The number of rotatable bonds is 6. The van der Waals surface area contributed by atoms with E-state index in [1.165, 1.54) is 39.9 Å². The van der Waals surface area contributed by atoms with Crippen molar-refractivity contribution in [2.24, 2.45) is 0 Å². The second-order valence-corrected chi connectivity index (χ2v) is 8.52. The molecule has 5 rings (SSSR count). The van der Waals surface area contributed by atoms with Gasteiger partial charge in [0, 0.05) is 36.5 Å². The highest BCUT2D eigenvalue weighted by Crippen LogP contribution is 2.30. The molecule has 0 N–H and O–H groups in total. The average molecular weight is 433 g/mol. The number of benzene rings is 3. The molecule has 1 aliphatic rings. The van der Waals surface area contributed by atoms with Crippen molar-refractivity contribution in [2.45, 2.75) is 25.9 Å². The van der Waals surface area contributed by atoms with Crippen molar-refractivity contribution in [1.29, 1.82) is 0 Å². The molecule has 2 heterocycles. The van der Waals surface area contributed by atoms with Gasteiger partial charge in [0.05, 0.1) is 0 Å². The smallest absolute Gasteiger partial charge is 0.173 e. The molecule has 1 aliphatic heterocycles. The molecule has 166 valence electrons. The monoisotopic (exact) mass is 432 g/mol. The fourth-order valence-corrected chi connectivity index (χ4v) is 4.44. The summed E-state index contributed by atoms with van der Waals surface area (Å²) in [6.45, 7) is 3.01. The van der Waals surface area contributed by atoms with Crippen molar-refractivity contribution in [3.8, 4) is 0 Å². The Balaban J connectivity index is 0.00000259. The largest absolute Gasteiger partial charge is 0.367 e. The second-order valence-electron chi connectivity index (χ2n) is 8.52. The summed E-state index contributed by atoms with van der Waals surface area (Å²) >= 11 is 0. The van der Waals surface area contributed by atoms with Gasteiger partial charge in [0.2, 0.25) is 0 Å². The van der Waals surface area contributed by atoms with Crippen LogP contribution in [-0.4, -0.2) is 6.54 Å². The highest BCUT2D eigenvalue weighted by Gasteiger charge is 2.17. The van der Waals surface area contributed by atoms with Crippen molar-refractivity contribution < 1.29 is 4.57 Å². The third-order valence-corrected chi connectivity index (χ3v) is 6.13. The highest BCUT2D eigenvalue weighted by atomic mass is 15.1. The van der Waals surface area contributed by atoms with E-state index in [1.807, 2.05) is 0 Å². The number of hydrogen-bond donors (Lipinski definition) is 0. The quantitative estimate of drug-likeness (QED) is 0.246. The van der Waals surface area contributed by atoms with Crippen LogP contribution in [0.4, 0.5) is 5.69 Å². The molecule has 0 spiro atoms. The normalized spacial score (nSPS) is 12.9. The summed E-state index contributed by atoms with van der Waals surface area (Å²) in [5.74, 6) is 0. The fourth-order valence-electron chi connectivity index (χ4n) is 4.44. The summed E-state index contributed by atoms with van der Waals surface area (Å²) in [7, 11) is 0. The third kappa shape index (κ3) is 5.78. The number of nitrogens with zero attached hydrogens (tertiary/aromatic N) is 2. The molecule has 2 nitrogen and oxygen atoms in total. The highest BCUT2D eigenvalue weighted by molar-refractivity contribution is 5.71. The van der Waals surface area contributed by atoms with Gasteiger partial charge in [0.15, 0.2) is 18.9 Å². The van der Waals surface area contributed by atoms with E-state index in [0.717, 1.165) is 26.1 Å². The van der Waals surface area contributed by atoms with Crippen LogP contribution in [0.25, 0.3) is 12.2 Å². The minimum atomic E-state index is 0. The van der Waals surface area contributed by atoms with Crippen LogP contribution < -0.4 is 9.47 Å². The van der Waals surface area contributed by atoms with E-state index < -0.39 is 0 Å². The molecule has 0 saturated heterocycles. The number of anilines is 1. The fraction of sp³-hybridized carbons (Fsp3) is 0.161. The van der Waals surface area contributed by atoms with E-state index in [9.17, 15) is 0 Å². The maximum Gasteiger partial charge on any atom is 0.173 e. The molecule has 0 unspecified atom stereocenters. The zero-order valence-electron chi connectivity index (χ0n) is 19.4. The van der Waals surface area contributed by atoms with Crippen molar-refractivity contribution in [3.05, 3.63) is 139 Å². The molecule has 3 aromatic carbocycles. The molecule has 0 aliphatic carbocycles. The molecular weight excluding hydrogens is 400 g/mol. The summed E-state index contributed by atoms with van der Waals surface area (Å²) in [5, 5.41) is 0. The molecular formula is C31H32N2. The van der Waals surface area contributed by atoms with Crippen molar-refractivity contribution in [1.82, 2.24) is 0 Å². The van der Waals surface area contributed by atoms with Crippen LogP contribution >= 0.6 is 0 Å². The second kappa shape index (κ2) is 10.8. The van der Waals surface area contributed by atoms with Crippen LogP contribution in [0.3, 0.4) is 0 Å². The van der Waals surface area contributed by atoms with Gasteiger partial charge in [0.1, 0.15) is 0 Å². The van der Waals surface area contributed by atoms with E-state index in [1.54, 1.807) is 0 Å². The summed E-state index contributed by atoms with van der Waals surface area (Å²) in [4.78, 5) is 2.52. The molecule has 0 bridgehead atoms. The number of fused-ring (bicyclic) bond motifs is 1. The first kappa shape index (κ1) is 22.5. The predicted octanol–water partition coefficient (Wildman–Crippen LogP) is 6.60. The van der Waals surface area contributed by atoms with Crippen molar-refractivity contribution in [2.75, 3.05) is 11.4 Å². The van der Waals surface area contributed by atoms with Gasteiger partial charge in [-0.3, -0.25) is 0 Å². The van der Waals surface area contributed by atoms with Crippen LogP contribution in [0.15, 0.2) is 103 Å². The Hall–Kier alpha value is -3.65. The molecule has 33 heavy (non-hydrogen) atoms. The summed E-state index contributed by atoms with van der Waals surface area (Å²) in [5.41, 5.74) is 8.03. The van der Waals surface area contributed by atoms with E-state index in [4.69, 9.17) is 0 Å². The minimum absolute atomic E-state index is 0. The standard InChI is InChI=1S/C30H29N2.CH3/c1-3-8-27(9-4-1)23-31-20-17-25(18-21-31)13-14-26-15-16-30-29(22-26)12-7-19-32(30)24-28-10-5-2-6-11-28;/h1-6,8-11,13-18,20-22H,7,12,19,23-24H2;1H3/q+1;-1. The maximum atomic E-state index is 2.52. The first-order valence-corrected chi connectivity index (χ1v) is 11.5. The molecule has 1 aromatic heterocycles. The van der Waals surface area contributed by atoms with Gasteiger partial charge in [0.25, 0.3) is 0 Å². The summed E-state index contributed by atoms with van der Waals surface area (Å²) in [6, 6.07) is 32.6. The van der Waals surface area contributed by atoms with Crippen LogP contribution in [0, 0.1) is 7.43 Å². The molecule has 0 fully saturated rings. The first-order valence-electron chi connectivity index (χ1n) is 11.5. The zero-order chi connectivity index (χ0) is 21.6. The van der Waals surface area contributed by atoms with E-state index in [0.29, 0.717) is 0 Å². The number of aromatic nitrogens is 1. The first-order chi connectivity index (χ1) is 15.8. The Labute approximate surface area is 198 Å². The molecule has 2 heteroatoms. The van der Waals surface area contributed by atoms with Crippen LogP contribution in [0.1, 0.15) is 34.2 Å². The lowest BCUT2D eigenvalue weighted by Gasteiger charge is -2.31.